The molecule has 0 aliphatic carbocycles. The van der Waals surface area contributed by atoms with E-state index < -0.39 is 11.8 Å². The van der Waals surface area contributed by atoms with Gasteiger partial charge in [-0.05, 0) is 38.1 Å². The summed E-state index contributed by atoms with van der Waals surface area (Å²) in [6.07, 6.45) is 1.91. The van der Waals surface area contributed by atoms with Crippen LogP contribution in [0.5, 0.6) is 0 Å². The number of nitrogens with zero attached hydrogens (tertiary/aromatic N) is 2. The molecule has 6 heteroatoms. The van der Waals surface area contributed by atoms with Gasteiger partial charge in [0.15, 0.2) is 0 Å². The summed E-state index contributed by atoms with van der Waals surface area (Å²) in [7, 11) is 0. The zero-order valence-corrected chi connectivity index (χ0v) is 12.0. The number of benzene rings is 1. The van der Waals surface area contributed by atoms with Gasteiger partial charge in [0, 0.05) is 22.9 Å². The lowest BCUT2D eigenvalue weighted by Gasteiger charge is -2.04. The molecule has 1 aromatic heterocycles. The smallest absolute Gasteiger partial charge is 0.338 e. The Hall–Kier alpha value is -1.82. The lowest BCUT2D eigenvalue weighted by Crippen LogP contribution is -2.01. The first-order valence-electron chi connectivity index (χ1n) is 6.17. The number of carboxylic acids is 1. The van der Waals surface area contributed by atoms with Crippen molar-refractivity contribution in [1.82, 2.24) is 9.78 Å². The number of hydrogen-bond donors (Lipinski definition) is 1. The number of carboxylic acid groups (broad SMARTS) is 1. The molecule has 1 aromatic carbocycles. The van der Waals surface area contributed by atoms with Crippen molar-refractivity contribution in [1.29, 1.82) is 0 Å². The summed E-state index contributed by atoms with van der Waals surface area (Å²) in [5, 5.41) is 13.3. The van der Waals surface area contributed by atoms with E-state index in [4.69, 9.17) is 5.11 Å². The molecule has 2 aromatic rings. The van der Waals surface area contributed by atoms with Crippen LogP contribution in [-0.2, 0) is 5.75 Å². The van der Waals surface area contributed by atoms with Gasteiger partial charge in [-0.1, -0.05) is 0 Å². The van der Waals surface area contributed by atoms with Crippen LogP contribution in [0.1, 0.15) is 35.9 Å². The minimum Gasteiger partial charge on any atom is -0.478 e. The molecule has 0 radical (unpaired) electrons. The van der Waals surface area contributed by atoms with Crippen molar-refractivity contribution < 1.29 is 14.3 Å². The van der Waals surface area contributed by atoms with Gasteiger partial charge < -0.3 is 5.11 Å². The Morgan fingerprint density at radius 2 is 2.20 bits per heavy atom. The van der Waals surface area contributed by atoms with Crippen molar-refractivity contribution in [3.8, 4) is 0 Å². The maximum Gasteiger partial charge on any atom is 0.338 e. The molecule has 1 N–H and O–H groups in total. The Kier molecular flexibility index (Phi) is 4.44. The van der Waals surface area contributed by atoms with Gasteiger partial charge in [0.2, 0.25) is 0 Å². The van der Waals surface area contributed by atoms with Crippen LogP contribution in [0.2, 0.25) is 0 Å². The van der Waals surface area contributed by atoms with Gasteiger partial charge in [0.1, 0.15) is 5.82 Å². The minimum absolute atomic E-state index is 0.303. The molecule has 0 unspecified atom stereocenters. The van der Waals surface area contributed by atoms with Crippen LogP contribution in [0.15, 0.2) is 35.4 Å². The van der Waals surface area contributed by atoms with E-state index in [-0.39, 0.29) is 5.56 Å². The Balaban J connectivity index is 2.06. The molecule has 1 heterocycles. The Morgan fingerprint density at radius 3 is 2.80 bits per heavy atom. The first-order chi connectivity index (χ1) is 9.47. The third kappa shape index (κ3) is 3.39. The van der Waals surface area contributed by atoms with Crippen molar-refractivity contribution >= 4 is 17.7 Å². The molecule has 4 nitrogen and oxygen atoms in total. The summed E-state index contributed by atoms with van der Waals surface area (Å²) in [6.45, 7) is 4.09. The summed E-state index contributed by atoms with van der Waals surface area (Å²) in [5.41, 5.74) is 0.604. The number of carbonyl (C=O) groups is 1. The quantitative estimate of drug-likeness (QED) is 0.856. The Labute approximate surface area is 120 Å². The minimum atomic E-state index is -1.26. The van der Waals surface area contributed by atoms with Gasteiger partial charge >= 0.3 is 5.97 Å². The highest BCUT2D eigenvalue weighted by Gasteiger charge is 2.11. The van der Waals surface area contributed by atoms with E-state index in [0.717, 1.165) is 5.69 Å². The summed E-state index contributed by atoms with van der Waals surface area (Å²) >= 11 is 1.43. The maximum atomic E-state index is 13.3. The second kappa shape index (κ2) is 6.09. The normalized spacial score (nSPS) is 11.0. The van der Waals surface area contributed by atoms with E-state index in [9.17, 15) is 9.18 Å². The van der Waals surface area contributed by atoms with Gasteiger partial charge in [0.25, 0.3) is 0 Å². The van der Waals surface area contributed by atoms with Crippen LogP contribution in [0.25, 0.3) is 0 Å². The van der Waals surface area contributed by atoms with E-state index in [2.05, 4.69) is 5.10 Å². The zero-order valence-electron chi connectivity index (χ0n) is 11.2. The monoisotopic (exact) mass is 294 g/mol. The van der Waals surface area contributed by atoms with Crippen molar-refractivity contribution in [2.45, 2.75) is 30.5 Å². The zero-order chi connectivity index (χ0) is 14.7. The van der Waals surface area contributed by atoms with Gasteiger partial charge in [-0.15, -0.1) is 11.8 Å². The predicted molar refractivity (Wildman–Crippen MR) is 75.5 cm³/mol. The van der Waals surface area contributed by atoms with Gasteiger partial charge in [-0.2, -0.15) is 5.10 Å². The lowest BCUT2D eigenvalue weighted by molar-refractivity contribution is 0.0691. The average Bonchev–Trinajstić information content (AvgIpc) is 2.86. The van der Waals surface area contributed by atoms with E-state index in [1.807, 2.05) is 30.8 Å². The van der Waals surface area contributed by atoms with E-state index in [0.29, 0.717) is 16.7 Å². The third-order valence-corrected chi connectivity index (χ3v) is 3.77. The Morgan fingerprint density at radius 1 is 1.45 bits per heavy atom. The van der Waals surface area contributed by atoms with Crippen LogP contribution < -0.4 is 0 Å². The maximum absolute atomic E-state index is 13.3. The summed E-state index contributed by atoms with van der Waals surface area (Å²) in [5.74, 6) is -1.36. The number of thioether (sulfide) groups is 1. The van der Waals surface area contributed by atoms with Crippen LogP contribution >= 0.6 is 11.8 Å². The SMILES string of the molecule is CC(C)n1ccc(CSc2ccc(F)c(C(=O)O)c2)n1. The number of rotatable bonds is 5. The molecule has 20 heavy (non-hydrogen) atoms. The number of hydrogen-bond acceptors (Lipinski definition) is 3. The standard InChI is InChI=1S/C14H15FN2O2S/c1-9(2)17-6-5-10(16-17)8-20-11-3-4-13(15)12(7-11)14(18)19/h3-7,9H,8H2,1-2H3,(H,18,19). The molecular weight excluding hydrogens is 279 g/mol. The molecule has 0 amide bonds. The largest absolute Gasteiger partial charge is 0.478 e. The highest BCUT2D eigenvalue weighted by atomic mass is 32.2. The molecule has 106 valence electrons. The second-order valence-corrected chi connectivity index (χ2v) is 5.67. The van der Waals surface area contributed by atoms with Crippen molar-refractivity contribution in [3.63, 3.8) is 0 Å². The fourth-order valence-electron chi connectivity index (χ4n) is 1.66. The fraction of sp³-hybridized carbons (Fsp3) is 0.286. The van der Waals surface area contributed by atoms with Crippen molar-refractivity contribution in [3.05, 3.63) is 47.5 Å². The van der Waals surface area contributed by atoms with E-state index >= 15 is 0 Å². The first-order valence-corrected chi connectivity index (χ1v) is 7.15. The average molecular weight is 294 g/mol. The van der Waals surface area contributed by atoms with Gasteiger partial charge in [-0.25, -0.2) is 9.18 Å². The van der Waals surface area contributed by atoms with Gasteiger partial charge in [0.05, 0.1) is 11.3 Å². The molecule has 0 saturated heterocycles. The molecule has 0 fully saturated rings. The number of aromatic carboxylic acids is 1. The van der Waals surface area contributed by atoms with Crippen LogP contribution in [0.4, 0.5) is 4.39 Å². The topological polar surface area (TPSA) is 55.1 Å². The Bertz CT molecular complexity index is 625. The molecule has 0 atom stereocenters. The van der Waals surface area contributed by atoms with Crippen molar-refractivity contribution in [2.24, 2.45) is 0 Å². The van der Waals surface area contributed by atoms with Gasteiger partial charge in [-0.3, -0.25) is 4.68 Å². The molecule has 0 spiro atoms. The second-order valence-electron chi connectivity index (χ2n) is 4.62. The molecule has 0 bridgehead atoms. The van der Waals surface area contributed by atoms with E-state index in [1.54, 1.807) is 6.07 Å². The lowest BCUT2D eigenvalue weighted by atomic mass is 10.2. The third-order valence-electron chi connectivity index (χ3n) is 2.75. The number of halogens is 1. The number of aromatic nitrogens is 2. The molecule has 0 saturated carbocycles. The molecular formula is C14H15FN2O2S. The van der Waals surface area contributed by atoms with Crippen LogP contribution in [0.3, 0.4) is 0 Å². The highest BCUT2D eigenvalue weighted by Crippen LogP contribution is 2.24. The highest BCUT2D eigenvalue weighted by molar-refractivity contribution is 7.98. The molecule has 2 rings (SSSR count). The molecule has 0 aliphatic heterocycles. The van der Waals surface area contributed by atoms with E-state index in [1.165, 1.54) is 23.9 Å². The van der Waals surface area contributed by atoms with Crippen LogP contribution in [0, 0.1) is 5.82 Å². The van der Waals surface area contributed by atoms with Crippen molar-refractivity contribution in [2.75, 3.05) is 0 Å². The fourth-order valence-corrected chi connectivity index (χ4v) is 2.49. The molecule has 0 aliphatic rings. The summed E-state index contributed by atoms with van der Waals surface area (Å²) < 4.78 is 15.1. The first kappa shape index (κ1) is 14.6. The van der Waals surface area contributed by atoms with Crippen LogP contribution in [-0.4, -0.2) is 20.9 Å². The summed E-state index contributed by atoms with van der Waals surface area (Å²) in [6, 6.07) is 6.33. The predicted octanol–water partition coefficient (Wildman–Crippen LogP) is 3.59. The summed E-state index contributed by atoms with van der Waals surface area (Å²) in [4.78, 5) is 11.6.